The number of hydrogen-bond acceptors (Lipinski definition) is 3. The molecule has 0 unspecified atom stereocenters. The molecule has 2 aromatic heterocycles. The number of nitrogens with zero attached hydrogens (tertiary/aromatic N) is 2. The molecule has 0 aliphatic rings. The summed E-state index contributed by atoms with van der Waals surface area (Å²) < 4.78 is 18.3. The Kier molecular flexibility index (Phi) is 3.46. The predicted molar refractivity (Wildman–Crippen MR) is 91.3 cm³/mol. The van der Waals surface area contributed by atoms with E-state index < -0.39 is 0 Å². The molecule has 1 N–H and O–H groups in total. The second-order valence-corrected chi connectivity index (χ2v) is 5.42. The fourth-order valence-electron chi connectivity index (χ4n) is 2.60. The van der Waals surface area contributed by atoms with Crippen molar-refractivity contribution in [3.63, 3.8) is 0 Å². The van der Waals surface area contributed by atoms with Crippen LogP contribution >= 0.6 is 0 Å². The molecular weight excluding hydrogens is 305 g/mol. The molecule has 0 aliphatic heterocycles. The maximum Gasteiger partial charge on any atom is 0.157 e. The number of halogens is 1. The van der Waals surface area contributed by atoms with Gasteiger partial charge in [0.25, 0.3) is 0 Å². The van der Waals surface area contributed by atoms with Gasteiger partial charge in [0.1, 0.15) is 22.9 Å². The number of aromatic nitrogens is 3. The molecule has 4 nitrogen and oxygen atoms in total. The zero-order valence-corrected chi connectivity index (χ0v) is 13.0. The van der Waals surface area contributed by atoms with Crippen LogP contribution in [0.25, 0.3) is 33.7 Å². The van der Waals surface area contributed by atoms with Gasteiger partial charge in [-0.05, 0) is 48.0 Å². The summed E-state index contributed by atoms with van der Waals surface area (Å²) in [6.07, 6.45) is 1.80. The van der Waals surface area contributed by atoms with E-state index in [2.05, 4.69) is 15.0 Å². The first-order valence-corrected chi connectivity index (χ1v) is 7.49. The lowest BCUT2D eigenvalue weighted by molar-refractivity contribution is 0.415. The second kappa shape index (κ2) is 5.77. The summed E-state index contributed by atoms with van der Waals surface area (Å²) in [6.45, 7) is 0. The number of hydrogen-bond donors (Lipinski definition) is 1. The van der Waals surface area contributed by atoms with Crippen molar-refractivity contribution in [2.45, 2.75) is 0 Å². The smallest absolute Gasteiger partial charge is 0.157 e. The number of methoxy groups -OCH3 is 1. The normalized spacial score (nSPS) is 10.9. The van der Waals surface area contributed by atoms with Gasteiger partial charge in [-0.2, -0.15) is 0 Å². The van der Waals surface area contributed by atoms with Crippen molar-refractivity contribution < 1.29 is 9.13 Å². The minimum absolute atomic E-state index is 0.270. The Labute approximate surface area is 138 Å². The van der Waals surface area contributed by atoms with Gasteiger partial charge in [-0.1, -0.05) is 12.1 Å². The van der Waals surface area contributed by atoms with Crippen LogP contribution in [0.15, 0.2) is 60.8 Å². The van der Waals surface area contributed by atoms with Gasteiger partial charge in [0.2, 0.25) is 0 Å². The SMILES string of the molecule is COc1cccc(-c2cnc3[nH]c(-c4ccc(F)cc4)nc3c2)c1. The highest BCUT2D eigenvalue weighted by atomic mass is 19.1. The molecule has 5 heteroatoms. The van der Waals surface area contributed by atoms with Crippen LogP contribution in [-0.2, 0) is 0 Å². The van der Waals surface area contributed by atoms with Crippen LogP contribution in [0.2, 0.25) is 0 Å². The summed E-state index contributed by atoms with van der Waals surface area (Å²) in [5, 5.41) is 0. The Hall–Kier alpha value is -3.21. The molecule has 4 rings (SSSR count). The standard InChI is InChI=1S/C19H14FN3O/c1-24-16-4-2-3-13(9-16)14-10-17-19(21-11-14)23-18(22-17)12-5-7-15(20)8-6-12/h2-11H,1H3,(H,21,22,23). The van der Waals surface area contributed by atoms with Gasteiger partial charge in [-0.3, -0.25) is 0 Å². The highest BCUT2D eigenvalue weighted by Crippen LogP contribution is 2.26. The number of aromatic amines is 1. The lowest BCUT2D eigenvalue weighted by Gasteiger charge is -2.04. The number of pyridine rings is 1. The number of nitrogens with one attached hydrogen (secondary N) is 1. The van der Waals surface area contributed by atoms with Crippen LogP contribution in [0, 0.1) is 5.82 Å². The number of H-pyrrole nitrogens is 1. The lowest BCUT2D eigenvalue weighted by Crippen LogP contribution is -1.85. The van der Waals surface area contributed by atoms with Crippen LogP contribution in [0.1, 0.15) is 0 Å². The number of imidazole rings is 1. The monoisotopic (exact) mass is 319 g/mol. The summed E-state index contributed by atoms with van der Waals surface area (Å²) in [7, 11) is 1.64. The fraction of sp³-hybridized carbons (Fsp3) is 0.0526. The molecule has 0 amide bonds. The Balaban J connectivity index is 1.76. The molecule has 0 spiro atoms. The molecule has 0 saturated carbocycles. The zero-order chi connectivity index (χ0) is 16.5. The molecule has 0 saturated heterocycles. The molecule has 4 aromatic rings. The molecule has 2 heterocycles. The number of ether oxygens (including phenoxy) is 1. The molecule has 0 bridgehead atoms. The second-order valence-electron chi connectivity index (χ2n) is 5.42. The first-order chi connectivity index (χ1) is 11.7. The van der Waals surface area contributed by atoms with Crippen molar-refractivity contribution in [1.82, 2.24) is 15.0 Å². The molecule has 0 atom stereocenters. The summed E-state index contributed by atoms with van der Waals surface area (Å²) in [6, 6.07) is 16.0. The van der Waals surface area contributed by atoms with Crippen molar-refractivity contribution in [3.8, 4) is 28.3 Å². The van der Waals surface area contributed by atoms with Gasteiger partial charge < -0.3 is 9.72 Å². The van der Waals surface area contributed by atoms with Gasteiger partial charge in [-0.25, -0.2) is 14.4 Å². The van der Waals surface area contributed by atoms with Crippen LogP contribution in [0.4, 0.5) is 4.39 Å². The van der Waals surface area contributed by atoms with Crippen LogP contribution in [-0.4, -0.2) is 22.1 Å². The topological polar surface area (TPSA) is 50.8 Å². The molecule has 118 valence electrons. The Bertz CT molecular complexity index is 1010. The van der Waals surface area contributed by atoms with Crippen LogP contribution < -0.4 is 4.74 Å². The maximum absolute atomic E-state index is 13.1. The molecule has 0 fully saturated rings. The molecule has 24 heavy (non-hydrogen) atoms. The quantitative estimate of drug-likeness (QED) is 0.607. The van der Waals surface area contributed by atoms with E-state index >= 15 is 0 Å². The Morgan fingerprint density at radius 1 is 0.958 bits per heavy atom. The first kappa shape index (κ1) is 14.4. The van der Waals surface area contributed by atoms with Crippen LogP contribution in [0.5, 0.6) is 5.75 Å². The lowest BCUT2D eigenvalue weighted by atomic mass is 10.1. The van der Waals surface area contributed by atoms with E-state index in [1.165, 1.54) is 12.1 Å². The number of fused-ring (bicyclic) bond motifs is 1. The first-order valence-electron chi connectivity index (χ1n) is 7.49. The fourth-order valence-corrected chi connectivity index (χ4v) is 2.60. The predicted octanol–water partition coefficient (Wildman–Crippen LogP) is 4.44. The van der Waals surface area contributed by atoms with Crippen molar-refractivity contribution >= 4 is 11.2 Å². The summed E-state index contributed by atoms with van der Waals surface area (Å²) in [5.41, 5.74) is 4.24. The summed E-state index contributed by atoms with van der Waals surface area (Å²) in [4.78, 5) is 12.2. The summed E-state index contributed by atoms with van der Waals surface area (Å²) >= 11 is 0. The van der Waals surface area contributed by atoms with Crippen molar-refractivity contribution in [3.05, 3.63) is 66.6 Å². The summed E-state index contributed by atoms with van der Waals surface area (Å²) in [5.74, 6) is 1.19. The minimum Gasteiger partial charge on any atom is -0.497 e. The number of benzene rings is 2. The van der Waals surface area contributed by atoms with Gasteiger partial charge in [-0.15, -0.1) is 0 Å². The Morgan fingerprint density at radius 2 is 1.79 bits per heavy atom. The van der Waals surface area contributed by atoms with Gasteiger partial charge in [0.05, 0.1) is 7.11 Å². The number of rotatable bonds is 3. The maximum atomic E-state index is 13.1. The highest BCUT2D eigenvalue weighted by Gasteiger charge is 2.08. The van der Waals surface area contributed by atoms with Gasteiger partial charge in [0, 0.05) is 17.3 Å². The minimum atomic E-state index is -0.270. The van der Waals surface area contributed by atoms with Crippen LogP contribution in [0.3, 0.4) is 0 Å². The van der Waals surface area contributed by atoms with E-state index in [4.69, 9.17) is 4.74 Å². The van der Waals surface area contributed by atoms with Crippen molar-refractivity contribution in [1.29, 1.82) is 0 Å². The van der Waals surface area contributed by atoms with Gasteiger partial charge in [0.15, 0.2) is 5.65 Å². The highest BCUT2D eigenvalue weighted by molar-refractivity contribution is 5.81. The van der Waals surface area contributed by atoms with E-state index in [0.29, 0.717) is 11.5 Å². The Morgan fingerprint density at radius 3 is 2.58 bits per heavy atom. The van der Waals surface area contributed by atoms with Gasteiger partial charge >= 0.3 is 0 Å². The molecule has 0 aliphatic carbocycles. The van der Waals surface area contributed by atoms with E-state index in [1.807, 2.05) is 30.3 Å². The van der Waals surface area contributed by atoms with E-state index in [9.17, 15) is 4.39 Å². The van der Waals surface area contributed by atoms with Crippen molar-refractivity contribution in [2.75, 3.05) is 7.11 Å². The average Bonchev–Trinajstić information content (AvgIpc) is 3.05. The largest absolute Gasteiger partial charge is 0.497 e. The third-order valence-electron chi connectivity index (χ3n) is 3.86. The third kappa shape index (κ3) is 2.60. The van der Waals surface area contributed by atoms with E-state index in [-0.39, 0.29) is 5.82 Å². The van der Waals surface area contributed by atoms with E-state index in [1.54, 1.807) is 25.4 Å². The third-order valence-corrected chi connectivity index (χ3v) is 3.86. The molecule has 2 aromatic carbocycles. The zero-order valence-electron chi connectivity index (χ0n) is 13.0. The molecule has 0 radical (unpaired) electrons. The van der Waals surface area contributed by atoms with Crippen molar-refractivity contribution in [2.24, 2.45) is 0 Å². The van der Waals surface area contributed by atoms with E-state index in [0.717, 1.165) is 28.0 Å². The average molecular weight is 319 g/mol. The molecular formula is C19H14FN3O.